The zero-order chi connectivity index (χ0) is 20.0. The van der Waals surface area contributed by atoms with Crippen molar-refractivity contribution in [1.82, 2.24) is 0 Å². The van der Waals surface area contributed by atoms with E-state index in [1.54, 1.807) is 24.3 Å². The molecule has 0 fully saturated rings. The average Bonchev–Trinajstić information content (AvgIpc) is 2.59. The molecule has 0 aliphatic rings. The quantitative estimate of drug-likeness (QED) is 0.223. The minimum atomic E-state index is -0.515. The highest BCUT2D eigenvalue weighted by atomic mass is 35.5. The second-order valence-electron chi connectivity index (χ2n) is 5.21. The number of benzene rings is 2. The maximum absolute atomic E-state index is 11.1. The van der Waals surface area contributed by atoms with Crippen molar-refractivity contribution in [3.8, 4) is 11.5 Å². The Morgan fingerprint density at radius 1 is 1.04 bits per heavy atom. The minimum Gasteiger partial charge on any atom is -0.456 e. The number of nitrogens with zero attached hydrogens (tertiary/aromatic N) is 1. The van der Waals surface area contributed by atoms with Crippen LogP contribution >= 0.6 is 35.1 Å². The van der Waals surface area contributed by atoms with Crippen LogP contribution in [0.15, 0.2) is 36.4 Å². The zero-order valence-corrected chi connectivity index (χ0v) is 16.3. The fourth-order valence-corrected chi connectivity index (χ4v) is 3.30. The Bertz CT molecular complexity index is 894. The van der Waals surface area contributed by atoms with Crippen LogP contribution in [0, 0.1) is 20.9 Å². The van der Waals surface area contributed by atoms with Gasteiger partial charge in [0.25, 0.3) is 5.69 Å². The molecule has 2 aromatic rings. The van der Waals surface area contributed by atoms with E-state index in [0.29, 0.717) is 27.8 Å². The van der Waals surface area contributed by atoms with Crippen molar-refractivity contribution in [2.45, 2.75) is 11.5 Å². The number of nitrogens with two attached hydrogens (primary N) is 2. The Hall–Kier alpha value is -2.43. The van der Waals surface area contributed by atoms with Crippen molar-refractivity contribution >= 4 is 51.1 Å². The Balaban J connectivity index is 2.40. The summed E-state index contributed by atoms with van der Waals surface area (Å²) in [5.41, 5.74) is 12.0. The van der Waals surface area contributed by atoms with Gasteiger partial charge in [-0.1, -0.05) is 41.2 Å². The normalized spacial score (nSPS) is 10.4. The third kappa shape index (κ3) is 6.35. The summed E-state index contributed by atoms with van der Waals surface area (Å²) in [4.78, 5) is 10.6. The number of halogens is 1. The summed E-state index contributed by atoms with van der Waals surface area (Å²) in [6.07, 6.45) is 0. The number of hydrogen-bond acceptors (Lipinski definition) is 7. The predicted molar refractivity (Wildman–Crippen MR) is 111 cm³/mol. The van der Waals surface area contributed by atoms with Crippen molar-refractivity contribution in [1.29, 1.82) is 10.8 Å². The van der Waals surface area contributed by atoms with Gasteiger partial charge in [-0.2, -0.15) is 0 Å². The Morgan fingerprint density at radius 3 is 2.07 bits per heavy atom. The fourth-order valence-electron chi connectivity index (χ4n) is 2.04. The lowest BCUT2D eigenvalue weighted by atomic mass is 10.2. The SMILES string of the molecule is N=C(N)SCc1ccc(Cl)cc1Oc1cc([N+](=O)[O-])ccc1CSC(=N)N. The number of amidine groups is 2. The van der Waals surface area contributed by atoms with Crippen LogP contribution in [-0.2, 0) is 11.5 Å². The van der Waals surface area contributed by atoms with Gasteiger partial charge in [0, 0.05) is 33.7 Å². The molecule has 11 heteroatoms. The van der Waals surface area contributed by atoms with E-state index in [2.05, 4.69) is 0 Å². The van der Waals surface area contributed by atoms with E-state index in [0.717, 1.165) is 29.1 Å². The van der Waals surface area contributed by atoms with Crippen molar-refractivity contribution in [2.75, 3.05) is 0 Å². The summed E-state index contributed by atoms with van der Waals surface area (Å²) in [6, 6.07) is 9.28. The van der Waals surface area contributed by atoms with Gasteiger partial charge in [0.1, 0.15) is 11.5 Å². The second-order valence-corrected chi connectivity index (χ2v) is 7.68. The summed E-state index contributed by atoms with van der Waals surface area (Å²) in [5.74, 6) is 1.38. The van der Waals surface area contributed by atoms with Gasteiger partial charge in [0.2, 0.25) is 0 Å². The van der Waals surface area contributed by atoms with Gasteiger partial charge in [-0.15, -0.1) is 0 Å². The fraction of sp³-hybridized carbons (Fsp3) is 0.125. The minimum absolute atomic E-state index is 0.0372. The second kappa shape index (κ2) is 9.49. The van der Waals surface area contributed by atoms with E-state index >= 15 is 0 Å². The summed E-state index contributed by atoms with van der Waals surface area (Å²) in [7, 11) is 0. The lowest BCUT2D eigenvalue weighted by molar-refractivity contribution is -0.384. The molecule has 0 unspecified atom stereocenters. The van der Waals surface area contributed by atoms with Crippen molar-refractivity contribution < 1.29 is 9.66 Å². The number of thioether (sulfide) groups is 2. The largest absolute Gasteiger partial charge is 0.456 e. The van der Waals surface area contributed by atoms with Crippen LogP contribution in [0.1, 0.15) is 11.1 Å². The van der Waals surface area contributed by atoms with Crippen LogP contribution in [0.5, 0.6) is 11.5 Å². The third-order valence-electron chi connectivity index (χ3n) is 3.28. The maximum Gasteiger partial charge on any atom is 0.273 e. The number of nitro groups is 1. The first-order valence-corrected chi connectivity index (χ1v) is 9.78. The molecule has 0 saturated carbocycles. The topological polar surface area (TPSA) is 152 Å². The van der Waals surface area contributed by atoms with E-state index in [9.17, 15) is 10.1 Å². The Morgan fingerprint density at radius 2 is 1.56 bits per heavy atom. The van der Waals surface area contributed by atoms with Crippen LogP contribution in [0.3, 0.4) is 0 Å². The molecule has 0 spiro atoms. The third-order valence-corrected chi connectivity index (χ3v) is 5.04. The van der Waals surface area contributed by atoms with Crippen molar-refractivity contribution in [2.24, 2.45) is 11.5 Å². The smallest absolute Gasteiger partial charge is 0.273 e. The van der Waals surface area contributed by atoms with E-state index < -0.39 is 4.92 Å². The number of ether oxygens (including phenoxy) is 1. The number of nitro benzene ring substituents is 1. The van der Waals surface area contributed by atoms with E-state index in [-0.39, 0.29) is 21.8 Å². The molecule has 0 aliphatic carbocycles. The number of hydrogen-bond donors (Lipinski definition) is 4. The highest BCUT2D eigenvalue weighted by molar-refractivity contribution is 8.13. The molecule has 0 atom stereocenters. The molecule has 0 saturated heterocycles. The monoisotopic (exact) mass is 425 g/mol. The van der Waals surface area contributed by atoms with Crippen molar-refractivity contribution in [3.05, 3.63) is 62.7 Å². The average molecular weight is 426 g/mol. The number of nitrogens with one attached hydrogen (secondary N) is 2. The molecular weight excluding hydrogens is 410 g/mol. The number of rotatable bonds is 7. The van der Waals surface area contributed by atoms with E-state index in [1.165, 1.54) is 12.1 Å². The van der Waals surface area contributed by atoms with Crippen LogP contribution in [0.2, 0.25) is 5.02 Å². The summed E-state index contributed by atoms with van der Waals surface area (Å²) >= 11 is 8.26. The molecule has 0 heterocycles. The first kappa shape index (κ1) is 20.9. The lowest BCUT2D eigenvalue weighted by Gasteiger charge is -2.14. The molecule has 27 heavy (non-hydrogen) atoms. The molecule has 2 aromatic carbocycles. The van der Waals surface area contributed by atoms with Gasteiger partial charge in [-0.05, 0) is 18.2 Å². The van der Waals surface area contributed by atoms with Crippen molar-refractivity contribution in [3.63, 3.8) is 0 Å². The molecule has 0 amide bonds. The molecule has 142 valence electrons. The molecule has 8 nitrogen and oxygen atoms in total. The molecule has 0 bridgehead atoms. The molecule has 0 aliphatic heterocycles. The van der Waals surface area contributed by atoms with Crippen LogP contribution < -0.4 is 16.2 Å². The highest BCUT2D eigenvalue weighted by Crippen LogP contribution is 2.35. The van der Waals surface area contributed by atoms with E-state index in [1.807, 2.05) is 0 Å². The first-order valence-electron chi connectivity index (χ1n) is 7.43. The van der Waals surface area contributed by atoms with E-state index in [4.69, 9.17) is 38.6 Å². The first-order chi connectivity index (χ1) is 12.8. The Kier molecular flexibility index (Phi) is 7.34. The van der Waals surface area contributed by atoms with Crippen LogP contribution in [0.4, 0.5) is 5.69 Å². The zero-order valence-electron chi connectivity index (χ0n) is 13.9. The molecule has 2 rings (SSSR count). The summed E-state index contributed by atoms with van der Waals surface area (Å²) in [5, 5.41) is 26.1. The summed E-state index contributed by atoms with van der Waals surface area (Å²) in [6.45, 7) is 0. The summed E-state index contributed by atoms with van der Waals surface area (Å²) < 4.78 is 5.94. The maximum atomic E-state index is 11.1. The number of non-ortho nitro benzene ring substituents is 1. The molecule has 6 N–H and O–H groups in total. The molecular formula is C16H16ClN5O3S2. The van der Waals surface area contributed by atoms with Crippen LogP contribution in [-0.4, -0.2) is 15.3 Å². The standard InChI is InChI=1S/C16H16ClN5O3S2/c17-11-3-1-9(7-26-15(18)19)13(5-11)25-14-6-12(22(23)24)4-2-10(14)8-27-16(20)21/h1-6H,7-8H2,(H3,18,19)(H3,20,21). The molecule has 0 aromatic heterocycles. The lowest BCUT2D eigenvalue weighted by Crippen LogP contribution is -2.05. The van der Waals surface area contributed by atoms with Gasteiger partial charge in [-0.25, -0.2) is 0 Å². The van der Waals surface area contributed by atoms with Gasteiger partial charge < -0.3 is 16.2 Å². The van der Waals surface area contributed by atoms with Gasteiger partial charge in [0.05, 0.1) is 11.0 Å². The predicted octanol–water partition coefficient (Wildman–Crippen LogP) is 4.29. The highest BCUT2D eigenvalue weighted by Gasteiger charge is 2.15. The van der Waals surface area contributed by atoms with Gasteiger partial charge in [-0.3, -0.25) is 20.9 Å². The Labute approximate surface area is 168 Å². The van der Waals surface area contributed by atoms with Gasteiger partial charge in [0.15, 0.2) is 10.3 Å². The van der Waals surface area contributed by atoms with Crippen LogP contribution in [0.25, 0.3) is 0 Å². The molecule has 0 radical (unpaired) electrons. The van der Waals surface area contributed by atoms with Gasteiger partial charge >= 0.3 is 0 Å².